The van der Waals surface area contributed by atoms with Gasteiger partial charge in [-0.3, -0.25) is 10.1 Å². The van der Waals surface area contributed by atoms with Gasteiger partial charge in [0.15, 0.2) is 6.61 Å². The van der Waals surface area contributed by atoms with Gasteiger partial charge in [0.1, 0.15) is 18.1 Å². The van der Waals surface area contributed by atoms with Crippen LogP contribution in [0, 0.1) is 0 Å². The molecule has 1 aliphatic rings. The summed E-state index contributed by atoms with van der Waals surface area (Å²) in [7, 11) is 0. The number of hydrogen-bond acceptors (Lipinski definition) is 5. The number of fused-ring (bicyclic) bond motifs is 1. The third kappa shape index (κ3) is 2.69. The monoisotopic (exact) mass is 251 g/mol. The van der Waals surface area contributed by atoms with E-state index in [0.29, 0.717) is 18.1 Å². The van der Waals surface area contributed by atoms with Crippen molar-refractivity contribution >= 4 is 11.9 Å². The van der Waals surface area contributed by atoms with Gasteiger partial charge < -0.3 is 20.9 Å². The SMILES string of the molecule is NC(=O)NC(=O)COc1ccc2c(c1)OCC2N. The molecule has 0 saturated carbocycles. The number of rotatable bonds is 3. The normalized spacial score (nSPS) is 16.6. The lowest BCUT2D eigenvalue weighted by Crippen LogP contribution is -2.38. The number of carbonyl (C=O) groups is 2. The number of benzene rings is 1. The summed E-state index contributed by atoms with van der Waals surface area (Å²) in [5.41, 5.74) is 11.5. The van der Waals surface area contributed by atoms with Gasteiger partial charge in [-0.25, -0.2) is 4.79 Å². The second kappa shape index (κ2) is 4.92. The largest absolute Gasteiger partial charge is 0.491 e. The van der Waals surface area contributed by atoms with Crippen LogP contribution in [0.15, 0.2) is 18.2 Å². The van der Waals surface area contributed by atoms with Gasteiger partial charge >= 0.3 is 6.03 Å². The van der Waals surface area contributed by atoms with E-state index in [1.54, 1.807) is 18.2 Å². The topological polar surface area (TPSA) is 117 Å². The van der Waals surface area contributed by atoms with Gasteiger partial charge in [0.25, 0.3) is 5.91 Å². The van der Waals surface area contributed by atoms with E-state index in [9.17, 15) is 9.59 Å². The van der Waals surface area contributed by atoms with Crippen molar-refractivity contribution in [2.75, 3.05) is 13.2 Å². The summed E-state index contributed by atoms with van der Waals surface area (Å²) in [5, 5.41) is 1.90. The molecule has 7 nitrogen and oxygen atoms in total. The van der Waals surface area contributed by atoms with Crippen molar-refractivity contribution in [3.05, 3.63) is 23.8 Å². The average molecular weight is 251 g/mol. The lowest BCUT2D eigenvalue weighted by atomic mass is 10.1. The molecule has 1 unspecified atom stereocenters. The van der Waals surface area contributed by atoms with Crippen LogP contribution in [0.5, 0.6) is 11.5 Å². The van der Waals surface area contributed by atoms with Gasteiger partial charge in [0, 0.05) is 11.6 Å². The summed E-state index contributed by atoms with van der Waals surface area (Å²) in [4.78, 5) is 21.5. The minimum absolute atomic E-state index is 0.132. The highest BCUT2D eigenvalue weighted by Crippen LogP contribution is 2.33. The van der Waals surface area contributed by atoms with E-state index in [2.05, 4.69) is 0 Å². The van der Waals surface area contributed by atoms with Crippen molar-refractivity contribution in [3.8, 4) is 11.5 Å². The lowest BCUT2D eigenvalue weighted by molar-refractivity contribution is -0.121. The molecule has 0 fully saturated rings. The number of nitrogens with one attached hydrogen (secondary N) is 1. The van der Waals surface area contributed by atoms with Crippen molar-refractivity contribution in [1.82, 2.24) is 5.32 Å². The third-order valence-electron chi connectivity index (χ3n) is 2.44. The number of amides is 3. The Balaban J connectivity index is 1.95. The molecule has 0 saturated heterocycles. The van der Waals surface area contributed by atoms with Crippen molar-refractivity contribution < 1.29 is 19.1 Å². The quantitative estimate of drug-likeness (QED) is 0.679. The average Bonchev–Trinajstić information content (AvgIpc) is 2.67. The molecular formula is C11H13N3O4. The fraction of sp³-hybridized carbons (Fsp3) is 0.273. The van der Waals surface area contributed by atoms with Gasteiger partial charge in [0.05, 0.1) is 6.04 Å². The number of primary amides is 1. The zero-order valence-electron chi connectivity index (χ0n) is 9.51. The highest BCUT2D eigenvalue weighted by molar-refractivity contribution is 5.94. The molecule has 5 N–H and O–H groups in total. The van der Waals surface area contributed by atoms with E-state index < -0.39 is 11.9 Å². The number of urea groups is 1. The first kappa shape index (κ1) is 12.2. The number of imide groups is 1. The van der Waals surface area contributed by atoms with E-state index in [0.717, 1.165) is 5.56 Å². The fourth-order valence-corrected chi connectivity index (χ4v) is 1.63. The first-order chi connectivity index (χ1) is 8.56. The van der Waals surface area contributed by atoms with E-state index in [1.165, 1.54) is 0 Å². The van der Waals surface area contributed by atoms with Crippen molar-refractivity contribution in [3.63, 3.8) is 0 Å². The summed E-state index contributed by atoms with van der Waals surface area (Å²) in [5.74, 6) is 0.499. The summed E-state index contributed by atoms with van der Waals surface area (Å²) >= 11 is 0. The molecule has 0 spiro atoms. The maximum absolute atomic E-state index is 11.1. The Labute approximate surface area is 103 Å². The van der Waals surface area contributed by atoms with Crippen LogP contribution in [0.25, 0.3) is 0 Å². The van der Waals surface area contributed by atoms with Crippen LogP contribution in [-0.2, 0) is 4.79 Å². The Morgan fingerprint density at radius 1 is 1.50 bits per heavy atom. The molecule has 1 atom stereocenters. The molecule has 0 bridgehead atoms. The van der Waals surface area contributed by atoms with Crippen LogP contribution in [0.2, 0.25) is 0 Å². The van der Waals surface area contributed by atoms with Gasteiger partial charge in [-0.05, 0) is 12.1 Å². The fourth-order valence-electron chi connectivity index (χ4n) is 1.63. The van der Waals surface area contributed by atoms with Crippen molar-refractivity contribution in [1.29, 1.82) is 0 Å². The van der Waals surface area contributed by atoms with Crippen LogP contribution in [-0.4, -0.2) is 25.2 Å². The zero-order valence-corrected chi connectivity index (χ0v) is 9.51. The molecule has 0 radical (unpaired) electrons. The van der Waals surface area contributed by atoms with E-state index in [1.807, 2.05) is 5.32 Å². The van der Waals surface area contributed by atoms with Crippen molar-refractivity contribution in [2.45, 2.75) is 6.04 Å². The van der Waals surface area contributed by atoms with Crippen LogP contribution < -0.4 is 26.3 Å². The Morgan fingerprint density at radius 2 is 2.28 bits per heavy atom. The summed E-state index contributed by atoms with van der Waals surface area (Å²) in [6.45, 7) is 0.134. The predicted octanol–water partition coefficient (Wildman–Crippen LogP) is -0.348. The van der Waals surface area contributed by atoms with E-state index in [-0.39, 0.29) is 12.6 Å². The molecule has 0 aliphatic carbocycles. The molecule has 1 aromatic rings. The zero-order chi connectivity index (χ0) is 13.1. The molecule has 3 amide bonds. The van der Waals surface area contributed by atoms with Crippen LogP contribution in [0.4, 0.5) is 4.79 Å². The van der Waals surface area contributed by atoms with Crippen LogP contribution in [0.3, 0.4) is 0 Å². The minimum Gasteiger partial charge on any atom is -0.491 e. The molecule has 7 heteroatoms. The molecule has 1 aromatic carbocycles. The van der Waals surface area contributed by atoms with Crippen LogP contribution in [0.1, 0.15) is 11.6 Å². The number of hydrogen-bond donors (Lipinski definition) is 3. The van der Waals surface area contributed by atoms with Crippen molar-refractivity contribution in [2.24, 2.45) is 11.5 Å². The Kier molecular flexibility index (Phi) is 3.33. The molecule has 0 aromatic heterocycles. The highest BCUT2D eigenvalue weighted by Gasteiger charge is 2.20. The summed E-state index contributed by atoms with van der Waals surface area (Å²) in [6, 6.07) is 4.08. The maximum atomic E-state index is 11.1. The molecule has 96 valence electrons. The first-order valence-corrected chi connectivity index (χ1v) is 5.30. The molecule has 2 rings (SSSR count). The molecule has 18 heavy (non-hydrogen) atoms. The maximum Gasteiger partial charge on any atom is 0.318 e. The Morgan fingerprint density at radius 3 is 3.00 bits per heavy atom. The van der Waals surface area contributed by atoms with Gasteiger partial charge in [-0.1, -0.05) is 0 Å². The minimum atomic E-state index is -0.910. The Hall–Kier alpha value is -2.28. The summed E-state index contributed by atoms with van der Waals surface area (Å²) in [6.07, 6.45) is 0. The molecule has 1 heterocycles. The Bertz CT molecular complexity index is 489. The van der Waals surface area contributed by atoms with E-state index >= 15 is 0 Å². The van der Waals surface area contributed by atoms with Crippen LogP contribution >= 0.6 is 0 Å². The predicted molar refractivity (Wildman–Crippen MR) is 62.1 cm³/mol. The lowest BCUT2D eigenvalue weighted by Gasteiger charge is -2.07. The molecular weight excluding hydrogens is 238 g/mol. The number of carbonyl (C=O) groups excluding carboxylic acids is 2. The standard InChI is InChI=1S/C11H13N3O4/c12-8-4-18-9-3-6(1-2-7(8)9)17-5-10(15)14-11(13)16/h1-3,8H,4-5,12H2,(H3,13,14,15,16). The summed E-state index contributed by atoms with van der Waals surface area (Å²) < 4.78 is 10.5. The first-order valence-electron chi connectivity index (χ1n) is 5.30. The molecule has 1 aliphatic heterocycles. The van der Waals surface area contributed by atoms with Gasteiger partial charge in [-0.15, -0.1) is 0 Å². The second-order valence-electron chi connectivity index (χ2n) is 3.82. The van der Waals surface area contributed by atoms with Gasteiger partial charge in [-0.2, -0.15) is 0 Å². The number of nitrogens with two attached hydrogens (primary N) is 2. The highest BCUT2D eigenvalue weighted by atomic mass is 16.5. The second-order valence-corrected chi connectivity index (χ2v) is 3.82. The third-order valence-corrected chi connectivity index (χ3v) is 2.44. The van der Waals surface area contributed by atoms with Gasteiger partial charge in [0.2, 0.25) is 0 Å². The van der Waals surface area contributed by atoms with E-state index in [4.69, 9.17) is 20.9 Å². The smallest absolute Gasteiger partial charge is 0.318 e. The number of ether oxygens (including phenoxy) is 2.